The van der Waals surface area contributed by atoms with Crippen LogP contribution in [0, 0.1) is 0 Å². The Hall–Kier alpha value is -3.67. The monoisotopic (exact) mass is 584 g/mol. The van der Waals surface area contributed by atoms with E-state index in [4.69, 9.17) is 10.3 Å². The number of carbonyl (C=O) groups excluding carboxylic acids is 2. The van der Waals surface area contributed by atoms with Crippen LogP contribution in [0.1, 0.15) is 31.8 Å². The Bertz CT molecular complexity index is 1760. The molecule has 0 atom stereocenters. The van der Waals surface area contributed by atoms with Gasteiger partial charge in [0.15, 0.2) is 21.4 Å². The van der Waals surface area contributed by atoms with E-state index in [9.17, 15) is 39.4 Å². The molecule has 1 aliphatic carbocycles. The normalized spacial score (nSPS) is 13.7. The Labute approximate surface area is 217 Å². The van der Waals surface area contributed by atoms with Gasteiger partial charge in [0.25, 0.3) is 10.1 Å². The highest BCUT2D eigenvalue weighted by atomic mass is 32.3. The number of ketones is 2. The number of benzene rings is 2. The number of carbonyl (C=O) groups is 2. The molecule has 16 heteroatoms. The van der Waals surface area contributed by atoms with Crippen LogP contribution < -0.4 is 11.1 Å². The number of rotatable bonds is 10. The number of anilines is 2. The van der Waals surface area contributed by atoms with Crippen LogP contribution in [0.25, 0.3) is 0 Å². The van der Waals surface area contributed by atoms with Crippen LogP contribution >= 0.6 is 0 Å². The highest BCUT2D eigenvalue weighted by molar-refractivity contribution is 7.95. The minimum atomic E-state index is -4.95. The van der Waals surface area contributed by atoms with E-state index in [-0.39, 0.29) is 28.1 Å². The fourth-order valence-electron chi connectivity index (χ4n) is 3.50. The van der Waals surface area contributed by atoms with Crippen molar-refractivity contribution >= 4 is 53.3 Å². The summed E-state index contributed by atoms with van der Waals surface area (Å²) in [6.45, 7) is 6.12. The predicted octanol–water partition coefficient (Wildman–Crippen LogP) is 1.52. The van der Waals surface area contributed by atoms with Gasteiger partial charge in [0.2, 0.25) is 0 Å². The maximum atomic E-state index is 13.3. The van der Waals surface area contributed by atoms with E-state index in [1.165, 1.54) is 24.3 Å². The van der Waals surface area contributed by atoms with Gasteiger partial charge < -0.3 is 11.1 Å². The van der Waals surface area contributed by atoms with Gasteiger partial charge in [-0.1, -0.05) is 37.4 Å². The number of allylic oxidation sites excluding steroid dienone is 2. The van der Waals surface area contributed by atoms with E-state index in [0.29, 0.717) is 0 Å². The molecule has 202 valence electrons. The van der Waals surface area contributed by atoms with Crippen molar-refractivity contribution in [1.29, 1.82) is 0 Å². The van der Waals surface area contributed by atoms with Crippen molar-refractivity contribution in [3.8, 4) is 0 Å². The number of hydrogen-bond acceptors (Lipinski definition) is 11. The molecule has 0 bridgehead atoms. The molecule has 0 fully saturated rings. The van der Waals surface area contributed by atoms with Crippen molar-refractivity contribution in [2.45, 2.75) is 4.90 Å². The van der Waals surface area contributed by atoms with Crippen molar-refractivity contribution in [3.05, 3.63) is 88.5 Å². The molecule has 3 rings (SSSR count). The molecule has 0 heterocycles. The Morgan fingerprint density at radius 2 is 1.50 bits per heavy atom. The number of nitrogens with one attached hydrogen (secondary N) is 1. The first-order chi connectivity index (χ1) is 17.4. The summed E-state index contributed by atoms with van der Waals surface area (Å²) in [5.41, 5.74) is 4.16. The standard InChI is InChI=1S/C22H20N2O11S3/c1-12(7-8-13(2)36(27,28)10-9-35-38(32,33)34)24-16-11-17(37(29,30)31)20(23)19-18(16)21(25)14-5-3-4-6-15(14)22(19)26/h3-8,11,24H,1-2,9-10,23H2,(H,29,30,31)(H,32,33,34)/b8-7-. The van der Waals surface area contributed by atoms with Crippen LogP contribution in [0.4, 0.5) is 11.4 Å². The largest absolute Gasteiger partial charge is 0.397 e. The average Bonchev–Trinajstić information content (AvgIpc) is 2.80. The number of nitrogen functional groups attached to an aromatic ring is 1. The van der Waals surface area contributed by atoms with E-state index in [1.54, 1.807) is 0 Å². The quantitative estimate of drug-likeness (QED) is 0.151. The molecule has 13 nitrogen and oxygen atoms in total. The lowest BCUT2D eigenvalue weighted by Gasteiger charge is -2.23. The van der Waals surface area contributed by atoms with Gasteiger partial charge in [-0.25, -0.2) is 12.6 Å². The van der Waals surface area contributed by atoms with Crippen molar-refractivity contribution in [2.24, 2.45) is 0 Å². The van der Waals surface area contributed by atoms with Gasteiger partial charge in [-0.05, 0) is 18.2 Å². The fourth-order valence-corrected chi connectivity index (χ4v) is 5.38. The fraction of sp³-hybridized carbons (Fsp3) is 0.0909. The molecule has 0 aliphatic heterocycles. The Morgan fingerprint density at radius 3 is 2.03 bits per heavy atom. The first kappa shape index (κ1) is 28.9. The van der Waals surface area contributed by atoms with Gasteiger partial charge in [0, 0.05) is 16.8 Å². The lowest BCUT2D eigenvalue weighted by molar-refractivity contribution is 0.0980. The summed E-state index contributed by atoms with van der Waals surface area (Å²) in [7, 11) is -13.9. The molecule has 2 aromatic rings. The molecule has 0 unspecified atom stereocenters. The molecular weight excluding hydrogens is 564 g/mol. The van der Waals surface area contributed by atoms with Crippen LogP contribution in [-0.2, 0) is 34.5 Å². The van der Waals surface area contributed by atoms with Crippen LogP contribution in [0.3, 0.4) is 0 Å². The Kier molecular flexibility index (Phi) is 7.79. The maximum Gasteiger partial charge on any atom is 0.397 e. The van der Waals surface area contributed by atoms with Crippen LogP contribution in [-0.4, -0.2) is 58.3 Å². The summed E-state index contributed by atoms with van der Waals surface area (Å²) in [5.74, 6) is -2.27. The Morgan fingerprint density at radius 1 is 0.947 bits per heavy atom. The molecule has 5 N–H and O–H groups in total. The van der Waals surface area contributed by atoms with Crippen LogP contribution in [0.2, 0.25) is 0 Å². The lowest BCUT2D eigenvalue weighted by Crippen LogP contribution is -2.25. The number of sulfone groups is 1. The van der Waals surface area contributed by atoms with Crippen molar-refractivity contribution < 1.29 is 48.1 Å². The van der Waals surface area contributed by atoms with E-state index in [0.717, 1.165) is 18.2 Å². The highest BCUT2D eigenvalue weighted by Gasteiger charge is 2.36. The van der Waals surface area contributed by atoms with Gasteiger partial charge in [-0.2, -0.15) is 16.8 Å². The highest BCUT2D eigenvalue weighted by Crippen LogP contribution is 2.39. The van der Waals surface area contributed by atoms with Crippen molar-refractivity contribution in [3.63, 3.8) is 0 Å². The first-order valence-corrected chi connectivity index (χ1v) is 14.7. The second-order valence-electron chi connectivity index (χ2n) is 7.78. The predicted molar refractivity (Wildman–Crippen MR) is 136 cm³/mol. The molecular formula is C22H20N2O11S3. The average molecular weight is 585 g/mol. The van der Waals surface area contributed by atoms with E-state index >= 15 is 0 Å². The SMILES string of the molecule is C=C(/C=C\C(=C)S(=O)(=O)CCOS(=O)(=O)O)Nc1cc(S(=O)(=O)O)c(N)c2c1C(=O)c1ccccc1C2=O. The molecule has 0 saturated carbocycles. The first-order valence-electron chi connectivity index (χ1n) is 10.2. The van der Waals surface area contributed by atoms with Crippen molar-refractivity contribution in [1.82, 2.24) is 0 Å². The lowest BCUT2D eigenvalue weighted by atomic mass is 9.82. The summed E-state index contributed by atoms with van der Waals surface area (Å²) >= 11 is 0. The zero-order valence-electron chi connectivity index (χ0n) is 19.2. The van der Waals surface area contributed by atoms with Crippen LogP contribution in [0.15, 0.2) is 71.1 Å². The smallest absolute Gasteiger partial charge is 0.397 e. The maximum absolute atomic E-state index is 13.3. The van der Waals surface area contributed by atoms with Gasteiger partial charge in [-0.3, -0.25) is 18.7 Å². The minimum Gasteiger partial charge on any atom is -0.397 e. The number of hydrogen-bond donors (Lipinski definition) is 4. The molecule has 38 heavy (non-hydrogen) atoms. The van der Waals surface area contributed by atoms with E-state index in [2.05, 4.69) is 22.7 Å². The summed E-state index contributed by atoms with van der Waals surface area (Å²) in [6, 6.07) is 6.61. The second-order valence-corrected chi connectivity index (χ2v) is 12.4. The summed E-state index contributed by atoms with van der Waals surface area (Å²) in [5, 5.41) is 2.60. The number of nitrogens with two attached hydrogens (primary N) is 1. The Balaban J connectivity index is 1.98. The van der Waals surface area contributed by atoms with Crippen LogP contribution in [0.5, 0.6) is 0 Å². The van der Waals surface area contributed by atoms with Gasteiger partial charge in [0.05, 0.1) is 39.8 Å². The van der Waals surface area contributed by atoms with Crippen molar-refractivity contribution in [2.75, 3.05) is 23.4 Å². The third kappa shape index (κ3) is 6.07. The number of fused-ring (bicyclic) bond motifs is 2. The third-order valence-corrected chi connectivity index (χ3v) is 8.22. The molecule has 0 spiro atoms. The molecule has 0 amide bonds. The van der Waals surface area contributed by atoms with E-state index < -0.39 is 75.3 Å². The molecule has 2 aromatic carbocycles. The summed E-state index contributed by atoms with van der Waals surface area (Å²) < 4.78 is 91.7. The molecule has 0 saturated heterocycles. The molecule has 0 radical (unpaired) electrons. The minimum absolute atomic E-state index is 0.0201. The zero-order chi connectivity index (χ0) is 28.6. The second kappa shape index (κ2) is 10.2. The molecule has 1 aliphatic rings. The van der Waals surface area contributed by atoms with Gasteiger partial charge in [-0.15, -0.1) is 0 Å². The zero-order valence-corrected chi connectivity index (χ0v) is 21.7. The summed E-state index contributed by atoms with van der Waals surface area (Å²) in [6.07, 6.45) is 2.05. The topological polar surface area (TPSA) is 224 Å². The van der Waals surface area contributed by atoms with E-state index in [1.807, 2.05) is 0 Å². The summed E-state index contributed by atoms with van der Waals surface area (Å²) in [4.78, 5) is 25.1. The van der Waals surface area contributed by atoms with Gasteiger partial charge >= 0.3 is 10.4 Å². The third-order valence-electron chi connectivity index (χ3n) is 5.23. The van der Waals surface area contributed by atoms with Gasteiger partial charge in [0.1, 0.15) is 4.90 Å². The molecule has 0 aromatic heterocycles.